The maximum Gasteiger partial charge on any atom is 0.226 e. The lowest BCUT2D eigenvalue weighted by Crippen LogP contribution is -2.56. The summed E-state index contributed by atoms with van der Waals surface area (Å²) < 4.78 is 0. The lowest BCUT2D eigenvalue weighted by molar-refractivity contribution is -0.155. The van der Waals surface area contributed by atoms with Crippen LogP contribution < -0.4 is 5.32 Å². The van der Waals surface area contributed by atoms with Gasteiger partial charge in [0, 0.05) is 11.9 Å². The first-order valence-corrected chi connectivity index (χ1v) is 9.02. The van der Waals surface area contributed by atoms with E-state index in [0.717, 1.165) is 43.0 Å². The molecule has 0 aromatic carbocycles. The van der Waals surface area contributed by atoms with E-state index in [-0.39, 0.29) is 5.41 Å². The van der Waals surface area contributed by atoms with E-state index in [1.165, 1.54) is 32.1 Å². The number of halogens is 1. The molecule has 0 aromatic heterocycles. The van der Waals surface area contributed by atoms with Gasteiger partial charge in [-0.15, -0.1) is 0 Å². The van der Waals surface area contributed by atoms with Gasteiger partial charge in [0.05, 0.1) is 5.41 Å². The van der Waals surface area contributed by atoms with Gasteiger partial charge in [0.25, 0.3) is 0 Å². The number of hydrogen-bond donors (Lipinski definition) is 1. The molecule has 4 aliphatic carbocycles. The first kappa shape index (κ1) is 13.9. The molecule has 4 aliphatic rings. The van der Waals surface area contributed by atoms with Crippen LogP contribution in [0.3, 0.4) is 0 Å². The highest BCUT2D eigenvalue weighted by Crippen LogP contribution is 2.65. The molecule has 1 amide bonds. The van der Waals surface area contributed by atoms with Gasteiger partial charge in [0.15, 0.2) is 0 Å². The van der Waals surface area contributed by atoms with Crippen LogP contribution in [-0.2, 0) is 4.79 Å². The number of alkyl halides is 1. The molecule has 0 heterocycles. The van der Waals surface area contributed by atoms with Crippen molar-refractivity contribution in [3.8, 4) is 0 Å². The average molecular weight is 328 g/mol. The van der Waals surface area contributed by atoms with Crippen molar-refractivity contribution in [3.63, 3.8) is 0 Å². The number of nitrogens with one attached hydrogen (secondary N) is 1. The van der Waals surface area contributed by atoms with Crippen molar-refractivity contribution < 1.29 is 4.79 Å². The van der Waals surface area contributed by atoms with Crippen LogP contribution in [-0.4, -0.2) is 17.8 Å². The van der Waals surface area contributed by atoms with Crippen LogP contribution in [0.25, 0.3) is 0 Å². The first-order chi connectivity index (χ1) is 9.05. The third-order valence-corrected chi connectivity index (χ3v) is 6.24. The summed E-state index contributed by atoms with van der Waals surface area (Å²) in [7, 11) is 0. The molecule has 2 nitrogen and oxygen atoms in total. The number of unbranched alkanes of at least 4 members (excludes halogenated alkanes) is 1. The van der Waals surface area contributed by atoms with Crippen molar-refractivity contribution in [3.05, 3.63) is 0 Å². The maximum atomic E-state index is 12.7. The smallest absolute Gasteiger partial charge is 0.226 e. The molecule has 4 rings (SSSR count). The van der Waals surface area contributed by atoms with Gasteiger partial charge in [-0.25, -0.2) is 0 Å². The Morgan fingerprint density at radius 2 is 1.89 bits per heavy atom. The van der Waals surface area contributed by atoms with E-state index in [4.69, 9.17) is 0 Å². The van der Waals surface area contributed by atoms with Gasteiger partial charge in [0.1, 0.15) is 0 Å². The molecule has 0 aromatic rings. The summed E-state index contributed by atoms with van der Waals surface area (Å²) in [5.41, 5.74) is 0.477. The van der Waals surface area contributed by atoms with E-state index in [9.17, 15) is 4.79 Å². The third-order valence-electron chi connectivity index (χ3n) is 5.68. The van der Waals surface area contributed by atoms with Crippen molar-refractivity contribution in [2.45, 2.75) is 58.3 Å². The molecule has 0 spiro atoms. The Balaban J connectivity index is 1.64. The van der Waals surface area contributed by atoms with Crippen LogP contribution in [0, 0.1) is 22.7 Å². The van der Waals surface area contributed by atoms with E-state index < -0.39 is 0 Å². The predicted octanol–water partition coefficient (Wildman–Crippen LogP) is 3.88. The highest BCUT2D eigenvalue weighted by Gasteiger charge is 2.58. The van der Waals surface area contributed by atoms with Crippen molar-refractivity contribution >= 4 is 21.8 Å². The second-order valence-electron chi connectivity index (χ2n) is 7.70. The monoisotopic (exact) mass is 327 g/mol. The third kappa shape index (κ3) is 2.59. The minimum Gasteiger partial charge on any atom is -0.356 e. The SMILES string of the molecule is CC12CC3CC(C1)CC(C(=O)NCCCCBr)(C3)C2. The minimum absolute atomic E-state index is 0.00718. The molecule has 2 atom stereocenters. The van der Waals surface area contributed by atoms with E-state index in [2.05, 4.69) is 28.2 Å². The molecule has 4 bridgehead atoms. The first-order valence-electron chi connectivity index (χ1n) is 7.90. The number of carbonyl (C=O) groups is 1. The molecule has 19 heavy (non-hydrogen) atoms. The second kappa shape index (κ2) is 5.05. The number of carbonyl (C=O) groups excluding carboxylic acids is 1. The van der Waals surface area contributed by atoms with Gasteiger partial charge in [-0.1, -0.05) is 22.9 Å². The lowest BCUT2D eigenvalue weighted by atomic mass is 9.44. The Kier molecular flexibility index (Phi) is 3.70. The molecule has 1 N–H and O–H groups in total. The number of rotatable bonds is 5. The van der Waals surface area contributed by atoms with Crippen molar-refractivity contribution in [2.75, 3.05) is 11.9 Å². The molecule has 108 valence electrons. The van der Waals surface area contributed by atoms with E-state index in [1.54, 1.807) is 0 Å². The second-order valence-corrected chi connectivity index (χ2v) is 8.50. The van der Waals surface area contributed by atoms with Gasteiger partial charge < -0.3 is 5.32 Å². The van der Waals surface area contributed by atoms with Crippen LogP contribution >= 0.6 is 15.9 Å². The topological polar surface area (TPSA) is 29.1 Å². The zero-order chi connectivity index (χ0) is 13.5. The van der Waals surface area contributed by atoms with Crippen LogP contribution in [0.5, 0.6) is 0 Å². The lowest BCUT2D eigenvalue weighted by Gasteiger charge is -2.60. The molecular weight excluding hydrogens is 302 g/mol. The summed E-state index contributed by atoms with van der Waals surface area (Å²) in [5.74, 6) is 2.04. The van der Waals surface area contributed by atoms with Crippen LogP contribution in [0.4, 0.5) is 0 Å². The van der Waals surface area contributed by atoms with Gasteiger partial charge in [-0.2, -0.15) is 0 Å². The Labute approximate surface area is 125 Å². The molecule has 2 unspecified atom stereocenters. The van der Waals surface area contributed by atoms with Gasteiger partial charge in [0.2, 0.25) is 5.91 Å². The van der Waals surface area contributed by atoms with Gasteiger partial charge >= 0.3 is 0 Å². The van der Waals surface area contributed by atoms with Gasteiger partial charge in [-0.3, -0.25) is 4.79 Å². The fourth-order valence-corrected chi connectivity index (χ4v) is 5.99. The maximum absolute atomic E-state index is 12.7. The molecule has 0 saturated heterocycles. The summed E-state index contributed by atoms with van der Waals surface area (Å²) in [5, 5.41) is 4.27. The molecule has 4 saturated carbocycles. The fraction of sp³-hybridized carbons (Fsp3) is 0.938. The Morgan fingerprint density at radius 3 is 2.47 bits per heavy atom. The van der Waals surface area contributed by atoms with Crippen molar-refractivity contribution in [1.82, 2.24) is 5.32 Å². The molecular formula is C16H26BrNO. The zero-order valence-corrected chi connectivity index (χ0v) is 13.6. The van der Waals surface area contributed by atoms with E-state index in [0.29, 0.717) is 11.3 Å². The highest BCUT2D eigenvalue weighted by molar-refractivity contribution is 9.09. The quantitative estimate of drug-likeness (QED) is 0.602. The van der Waals surface area contributed by atoms with Crippen LogP contribution in [0.1, 0.15) is 58.3 Å². The fourth-order valence-electron chi connectivity index (χ4n) is 5.59. The summed E-state index contributed by atoms with van der Waals surface area (Å²) >= 11 is 3.44. The zero-order valence-electron chi connectivity index (χ0n) is 12.0. The summed E-state index contributed by atoms with van der Waals surface area (Å²) in [6, 6.07) is 0. The number of hydrogen-bond acceptors (Lipinski definition) is 1. The van der Waals surface area contributed by atoms with Crippen molar-refractivity contribution in [1.29, 1.82) is 0 Å². The van der Waals surface area contributed by atoms with Crippen molar-refractivity contribution in [2.24, 2.45) is 22.7 Å². The summed E-state index contributed by atoms with van der Waals surface area (Å²) in [6.07, 6.45) is 9.88. The Morgan fingerprint density at radius 1 is 1.21 bits per heavy atom. The normalized spacial score (nSPS) is 43.5. The molecule has 3 heteroatoms. The Hall–Kier alpha value is -0.0500. The van der Waals surface area contributed by atoms with E-state index in [1.807, 2.05) is 0 Å². The van der Waals surface area contributed by atoms with Crippen LogP contribution in [0.2, 0.25) is 0 Å². The molecule has 0 aliphatic heterocycles. The average Bonchev–Trinajstić information content (AvgIpc) is 2.31. The Bertz CT molecular complexity index is 354. The number of amides is 1. The highest BCUT2D eigenvalue weighted by atomic mass is 79.9. The molecule has 0 radical (unpaired) electrons. The summed E-state index contributed by atoms with van der Waals surface area (Å²) in [4.78, 5) is 12.7. The molecule has 4 fully saturated rings. The standard InChI is InChI=1S/C16H26BrNO/c1-15-7-12-6-13(8-15)10-16(9-12,11-15)14(19)18-5-3-2-4-17/h12-13H,2-11H2,1H3,(H,18,19). The summed E-state index contributed by atoms with van der Waals surface area (Å²) in [6.45, 7) is 3.29. The largest absolute Gasteiger partial charge is 0.356 e. The minimum atomic E-state index is 0.00718. The van der Waals surface area contributed by atoms with Gasteiger partial charge in [-0.05, 0) is 68.6 Å². The van der Waals surface area contributed by atoms with E-state index >= 15 is 0 Å². The van der Waals surface area contributed by atoms with Crippen LogP contribution in [0.15, 0.2) is 0 Å². The predicted molar refractivity (Wildman–Crippen MR) is 81.3 cm³/mol.